The SMILES string of the molecule is COc1ccc2[nH]cc(C3CCN(CCC(=O)Nc4ccccc4F)CC3)c2c1. The number of amides is 1. The number of anilines is 1. The van der Waals surface area contributed by atoms with E-state index in [9.17, 15) is 9.18 Å². The Hall–Kier alpha value is -2.86. The molecule has 1 fully saturated rings. The summed E-state index contributed by atoms with van der Waals surface area (Å²) in [6, 6.07) is 12.4. The zero-order chi connectivity index (χ0) is 20.2. The molecule has 2 aromatic carbocycles. The van der Waals surface area contributed by atoms with Crippen molar-refractivity contribution in [1.29, 1.82) is 0 Å². The summed E-state index contributed by atoms with van der Waals surface area (Å²) in [4.78, 5) is 17.8. The van der Waals surface area contributed by atoms with E-state index in [1.165, 1.54) is 17.0 Å². The number of methoxy groups -OCH3 is 1. The number of halogens is 1. The summed E-state index contributed by atoms with van der Waals surface area (Å²) in [5.41, 5.74) is 2.72. The van der Waals surface area contributed by atoms with E-state index >= 15 is 0 Å². The Kier molecular flexibility index (Phi) is 5.81. The predicted octanol–water partition coefficient (Wildman–Crippen LogP) is 4.52. The quantitative estimate of drug-likeness (QED) is 0.645. The van der Waals surface area contributed by atoms with Gasteiger partial charge in [-0.3, -0.25) is 4.79 Å². The van der Waals surface area contributed by atoms with Crippen LogP contribution < -0.4 is 10.1 Å². The lowest BCUT2D eigenvalue weighted by Gasteiger charge is -2.31. The number of fused-ring (bicyclic) bond motifs is 1. The van der Waals surface area contributed by atoms with Crippen LogP contribution in [0.25, 0.3) is 10.9 Å². The Morgan fingerprint density at radius 2 is 2.03 bits per heavy atom. The van der Waals surface area contributed by atoms with Crippen molar-refractivity contribution in [2.24, 2.45) is 0 Å². The highest BCUT2D eigenvalue weighted by Crippen LogP contribution is 2.34. The predicted molar refractivity (Wildman–Crippen MR) is 113 cm³/mol. The molecule has 0 unspecified atom stereocenters. The zero-order valence-corrected chi connectivity index (χ0v) is 16.6. The van der Waals surface area contributed by atoms with Crippen molar-refractivity contribution in [3.05, 3.63) is 60.0 Å². The molecule has 29 heavy (non-hydrogen) atoms. The average molecular weight is 395 g/mol. The number of carbonyl (C=O) groups is 1. The molecular weight excluding hydrogens is 369 g/mol. The Labute approximate surface area is 169 Å². The first-order valence-electron chi connectivity index (χ1n) is 10.1. The van der Waals surface area contributed by atoms with Crippen molar-refractivity contribution in [2.45, 2.75) is 25.2 Å². The number of ether oxygens (including phenoxy) is 1. The van der Waals surface area contributed by atoms with Gasteiger partial charge in [0.1, 0.15) is 11.6 Å². The lowest BCUT2D eigenvalue weighted by atomic mass is 9.89. The number of hydrogen-bond acceptors (Lipinski definition) is 3. The second kappa shape index (κ2) is 8.66. The largest absolute Gasteiger partial charge is 0.497 e. The molecule has 5 nitrogen and oxygen atoms in total. The highest BCUT2D eigenvalue weighted by molar-refractivity contribution is 5.90. The van der Waals surface area contributed by atoms with Crippen LogP contribution in [0, 0.1) is 5.82 Å². The van der Waals surface area contributed by atoms with E-state index in [1.807, 2.05) is 6.07 Å². The van der Waals surface area contributed by atoms with Crippen molar-refractivity contribution in [1.82, 2.24) is 9.88 Å². The summed E-state index contributed by atoms with van der Waals surface area (Å²) in [5.74, 6) is 0.814. The average Bonchev–Trinajstić information content (AvgIpc) is 3.17. The molecule has 0 bridgehead atoms. The third kappa shape index (κ3) is 4.43. The van der Waals surface area contributed by atoms with Gasteiger partial charge < -0.3 is 19.9 Å². The van der Waals surface area contributed by atoms with Gasteiger partial charge in [0, 0.05) is 30.1 Å². The van der Waals surface area contributed by atoms with Crippen LogP contribution in [0.1, 0.15) is 30.7 Å². The van der Waals surface area contributed by atoms with E-state index in [4.69, 9.17) is 4.74 Å². The topological polar surface area (TPSA) is 57.4 Å². The highest BCUT2D eigenvalue weighted by Gasteiger charge is 2.23. The van der Waals surface area contributed by atoms with Gasteiger partial charge in [-0.05, 0) is 67.7 Å². The number of piperidine rings is 1. The first-order valence-corrected chi connectivity index (χ1v) is 10.1. The minimum Gasteiger partial charge on any atom is -0.497 e. The Morgan fingerprint density at radius 3 is 2.79 bits per heavy atom. The van der Waals surface area contributed by atoms with Gasteiger partial charge in [-0.25, -0.2) is 4.39 Å². The molecule has 6 heteroatoms. The fourth-order valence-corrected chi connectivity index (χ4v) is 4.09. The maximum atomic E-state index is 13.6. The normalized spacial score (nSPS) is 15.5. The van der Waals surface area contributed by atoms with E-state index in [0.717, 1.165) is 37.2 Å². The Morgan fingerprint density at radius 1 is 1.24 bits per heavy atom. The molecule has 1 saturated heterocycles. The van der Waals surface area contributed by atoms with Crippen molar-refractivity contribution in [3.63, 3.8) is 0 Å². The minimum absolute atomic E-state index is 0.152. The van der Waals surface area contributed by atoms with Gasteiger partial charge >= 0.3 is 0 Å². The molecule has 1 aromatic heterocycles. The van der Waals surface area contributed by atoms with Crippen LogP contribution in [0.15, 0.2) is 48.7 Å². The van der Waals surface area contributed by atoms with E-state index in [0.29, 0.717) is 18.9 Å². The number of rotatable bonds is 6. The van der Waals surface area contributed by atoms with Gasteiger partial charge in [0.15, 0.2) is 0 Å². The third-order valence-electron chi connectivity index (χ3n) is 5.75. The molecule has 0 spiro atoms. The molecule has 0 atom stereocenters. The summed E-state index contributed by atoms with van der Waals surface area (Å²) in [6.45, 7) is 2.59. The van der Waals surface area contributed by atoms with Crippen LogP contribution in [0.4, 0.5) is 10.1 Å². The van der Waals surface area contributed by atoms with Crippen LogP contribution in [0.5, 0.6) is 5.75 Å². The standard InChI is InChI=1S/C23H26FN3O2/c1-29-17-6-7-21-18(14-17)19(15-25-21)16-8-11-27(12-9-16)13-10-23(28)26-22-5-3-2-4-20(22)24/h2-7,14-16,25H,8-13H2,1H3,(H,26,28). The summed E-state index contributed by atoms with van der Waals surface area (Å²) in [6.07, 6.45) is 4.59. The number of likely N-dealkylation sites (tertiary alicyclic amines) is 1. The number of aromatic nitrogens is 1. The molecule has 0 aliphatic carbocycles. The number of carbonyl (C=O) groups excluding carboxylic acids is 1. The summed E-state index contributed by atoms with van der Waals surface area (Å²) in [5, 5.41) is 3.88. The summed E-state index contributed by atoms with van der Waals surface area (Å²) < 4.78 is 19.0. The fraction of sp³-hybridized carbons (Fsp3) is 0.348. The van der Waals surface area contributed by atoms with Gasteiger partial charge in [0.05, 0.1) is 12.8 Å². The molecule has 4 rings (SSSR count). The molecule has 2 N–H and O–H groups in total. The minimum atomic E-state index is -0.406. The molecule has 1 amide bonds. The maximum absolute atomic E-state index is 13.6. The lowest BCUT2D eigenvalue weighted by Crippen LogP contribution is -2.35. The van der Waals surface area contributed by atoms with E-state index in [2.05, 4.69) is 33.5 Å². The highest BCUT2D eigenvalue weighted by atomic mass is 19.1. The van der Waals surface area contributed by atoms with Gasteiger partial charge in [-0.1, -0.05) is 12.1 Å². The van der Waals surface area contributed by atoms with Crippen molar-refractivity contribution < 1.29 is 13.9 Å². The Balaban J connectivity index is 1.30. The number of H-pyrrole nitrogens is 1. The summed E-state index contributed by atoms with van der Waals surface area (Å²) >= 11 is 0. The van der Waals surface area contributed by atoms with E-state index in [-0.39, 0.29) is 11.6 Å². The number of nitrogens with one attached hydrogen (secondary N) is 2. The lowest BCUT2D eigenvalue weighted by molar-refractivity contribution is -0.116. The molecule has 0 radical (unpaired) electrons. The van der Waals surface area contributed by atoms with Gasteiger partial charge in [0.25, 0.3) is 0 Å². The molecule has 1 aliphatic heterocycles. The second-order valence-electron chi connectivity index (χ2n) is 7.55. The first-order chi connectivity index (χ1) is 14.1. The molecule has 0 saturated carbocycles. The van der Waals surface area contributed by atoms with Crippen LogP contribution in [-0.4, -0.2) is 42.5 Å². The van der Waals surface area contributed by atoms with E-state index < -0.39 is 5.82 Å². The van der Waals surface area contributed by atoms with Crippen molar-refractivity contribution in [2.75, 3.05) is 32.1 Å². The van der Waals surface area contributed by atoms with Crippen LogP contribution >= 0.6 is 0 Å². The molecular formula is C23H26FN3O2. The van der Waals surface area contributed by atoms with Gasteiger partial charge in [0.2, 0.25) is 5.91 Å². The smallest absolute Gasteiger partial charge is 0.225 e. The van der Waals surface area contributed by atoms with Crippen LogP contribution in [0.2, 0.25) is 0 Å². The maximum Gasteiger partial charge on any atom is 0.225 e. The fourth-order valence-electron chi connectivity index (χ4n) is 4.09. The van der Waals surface area contributed by atoms with Crippen LogP contribution in [0.3, 0.4) is 0 Å². The molecule has 2 heterocycles. The molecule has 152 valence electrons. The van der Waals surface area contributed by atoms with Gasteiger partial charge in [-0.15, -0.1) is 0 Å². The number of hydrogen-bond donors (Lipinski definition) is 2. The zero-order valence-electron chi connectivity index (χ0n) is 16.6. The van der Waals surface area contributed by atoms with Crippen LogP contribution in [-0.2, 0) is 4.79 Å². The second-order valence-corrected chi connectivity index (χ2v) is 7.55. The monoisotopic (exact) mass is 395 g/mol. The third-order valence-corrected chi connectivity index (χ3v) is 5.75. The number of aromatic amines is 1. The molecule has 3 aromatic rings. The first kappa shape index (κ1) is 19.5. The molecule has 1 aliphatic rings. The Bertz CT molecular complexity index is 993. The summed E-state index contributed by atoms with van der Waals surface area (Å²) in [7, 11) is 1.69. The number of nitrogens with zero attached hydrogens (tertiary/aromatic N) is 1. The number of para-hydroxylation sites is 1. The van der Waals surface area contributed by atoms with Crippen molar-refractivity contribution in [3.8, 4) is 5.75 Å². The number of benzene rings is 2. The van der Waals surface area contributed by atoms with E-state index in [1.54, 1.807) is 25.3 Å². The van der Waals surface area contributed by atoms with Gasteiger partial charge in [-0.2, -0.15) is 0 Å². The van der Waals surface area contributed by atoms with Crippen molar-refractivity contribution >= 4 is 22.5 Å².